The average molecular weight is 410 g/mol. The fourth-order valence-electron chi connectivity index (χ4n) is 2.61. The number of aromatic nitrogens is 2. The van der Waals surface area contributed by atoms with Crippen molar-refractivity contribution < 1.29 is 17.6 Å². The Bertz CT molecular complexity index is 1160. The first-order chi connectivity index (χ1) is 12.6. The van der Waals surface area contributed by atoms with Crippen molar-refractivity contribution in [2.24, 2.45) is 0 Å². The molecule has 0 bridgehead atoms. The number of thiazole rings is 1. The monoisotopic (exact) mass is 410 g/mol. The summed E-state index contributed by atoms with van der Waals surface area (Å²) in [5.74, 6) is -0.884. The molecule has 144 valence electrons. The van der Waals surface area contributed by atoms with Crippen molar-refractivity contribution >= 4 is 43.5 Å². The minimum absolute atomic E-state index is 0.129. The molecule has 0 aliphatic carbocycles. The molecule has 3 aromatic rings. The van der Waals surface area contributed by atoms with Crippen molar-refractivity contribution in [3.8, 4) is 0 Å². The standard InChI is InChI=1S/C16H18N4O5S2/c1-9(8-20-11-6-4-5-7-12(11)25-16(20)22)17-14(21)13-10(2)18-15(26-13)19-27(3,23)24/h4-7,9H,8H2,1-3H3,(H,17,21)(H,18,19)/t9-/m1/s1. The lowest BCUT2D eigenvalue weighted by atomic mass is 10.2. The van der Waals surface area contributed by atoms with Crippen LogP contribution in [0.25, 0.3) is 11.1 Å². The molecule has 1 amide bonds. The van der Waals surface area contributed by atoms with E-state index in [1.165, 1.54) is 4.57 Å². The number of aryl methyl sites for hydroxylation is 1. The number of nitrogens with zero attached hydrogens (tertiary/aromatic N) is 2. The quantitative estimate of drug-likeness (QED) is 0.635. The Balaban J connectivity index is 1.74. The molecule has 0 spiro atoms. The van der Waals surface area contributed by atoms with E-state index in [4.69, 9.17) is 4.42 Å². The van der Waals surface area contributed by atoms with Gasteiger partial charge in [-0.05, 0) is 26.0 Å². The number of sulfonamides is 1. The third kappa shape index (κ3) is 4.37. The van der Waals surface area contributed by atoms with Crippen LogP contribution < -0.4 is 15.8 Å². The molecule has 0 radical (unpaired) electrons. The van der Waals surface area contributed by atoms with Gasteiger partial charge in [0.1, 0.15) is 4.88 Å². The highest BCUT2D eigenvalue weighted by atomic mass is 32.2. The number of carbonyl (C=O) groups is 1. The second-order valence-electron chi connectivity index (χ2n) is 6.13. The van der Waals surface area contributed by atoms with Gasteiger partial charge in [-0.25, -0.2) is 18.2 Å². The van der Waals surface area contributed by atoms with Crippen LogP contribution in [-0.4, -0.2) is 36.2 Å². The van der Waals surface area contributed by atoms with Gasteiger partial charge in [-0.2, -0.15) is 0 Å². The van der Waals surface area contributed by atoms with Crippen molar-refractivity contribution in [1.82, 2.24) is 14.9 Å². The van der Waals surface area contributed by atoms with E-state index >= 15 is 0 Å². The lowest BCUT2D eigenvalue weighted by molar-refractivity contribution is 0.0939. The predicted molar refractivity (Wildman–Crippen MR) is 103 cm³/mol. The number of nitrogens with one attached hydrogen (secondary N) is 2. The zero-order valence-electron chi connectivity index (χ0n) is 14.8. The van der Waals surface area contributed by atoms with Crippen molar-refractivity contribution in [2.45, 2.75) is 26.4 Å². The number of anilines is 1. The molecule has 0 saturated heterocycles. The number of para-hydroxylation sites is 2. The summed E-state index contributed by atoms with van der Waals surface area (Å²) >= 11 is 0.950. The number of rotatable bonds is 6. The molecular formula is C16H18N4O5S2. The Labute approximate surface area is 159 Å². The third-order valence-corrected chi connectivity index (χ3v) is 5.45. The van der Waals surface area contributed by atoms with E-state index in [-0.39, 0.29) is 23.6 Å². The molecule has 0 aliphatic rings. The first kappa shape index (κ1) is 19.1. The minimum atomic E-state index is -3.47. The Morgan fingerprint density at radius 3 is 2.78 bits per heavy atom. The van der Waals surface area contributed by atoms with Crippen LogP contribution in [0.15, 0.2) is 33.5 Å². The zero-order valence-corrected chi connectivity index (χ0v) is 16.5. The summed E-state index contributed by atoms with van der Waals surface area (Å²) in [6.45, 7) is 3.61. The number of oxazole rings is 1. The number of fused-ring (bicyclic) bond motifs is 1. The molecule has 0 fully saturated rings. The third-order valence-electron chi connectivity index (χ3n) is 3.68. The SMILES string of the molecule is Cc1nc(NS(C)(=O)=O)sc1C(=O)N[C@H](C)Cn1c(=O)oc2ccccc21. The van der Waals surface area contributed by atoms with Gasteiger partial charge in [-0.1, -0.05) is 23.5 Å². The number of hydrogen-bond acceptors (Lipinski definition) is 7. The van der Waals surface area contributed by atoms with Crippen LogP contribution in [0.3, 0.4) is 0 Å². The van der Waals surface area contributed by atoms with Crippen LogP contribution in [0.4, 0.5) is 5.13 Å². The van der Waals surface area contributed by atoms with Gasteiger partial charge >= 0.3 is 5.76 Å². The van der Waals surface area contributed by atoms with Gasteiger partial charge < -0.3 is 9.73 Å². The van der Waals surface area contributed by atoms with Crippen LogP contribution in [0.1, 0.15) is 22.3 Å². The highest BCUT2D eigenvalue weighted by molar-refractivity contribution is 7.92. The number of carbonyl (C=O) groups excluding carboxylic acids is 1. The van der Waals surface area contributed by atoms with Crippen LogP contribution in [-0.2, 0) is 16.6 Å². The molecular weight excluding hydrogens is 392 g/mol. The lowest BCUT2D eigenvalue weighted by Crippen LogP contribution is -2.37. The molecule has 1 aromatic carbocycles. The molecule has 11 heteroatoms. The van der Waals surface area contributed by atoms with Gasteiger partial charge in [-0.3, -0.25) is 14.1 Å². The molecule has 2 N–H and O–H groups in total. The largest absolute Gasteiger partial charge is 0.420 e. The molecule has 1 atom stereocenters. The van der Waals surface area contributed by atoms with Crippen molar-refractivity contribution in [2.75, 3.05) is 11.0 Å². The summed E-state index contributed by atoms with van der Waals surface area (Å²) in [7, 11) is -3.47. The normalized spacial score (nSPS) is 12.9. The summed E-state index contributed by atoms with van der Waals surface area (Å²) in [5.41, 5.74) is 1.55. The van der Waals surface area contributed by atoms with Gasteiger partial charge in [0, 0.05) is 12.6 Å². The molecule has 27 heavy (non-hydrogen) atoms. The molecule has 0 aliphatic heterocycles. The Hall–Kier alpha value is -2.66. The van der Waals surface area contributed by atoms with Gasteiger partial charge in [0.15, 0.2) is 10.7 Å². The summed E-state index contributed by atoms with van der Waals surface area (Å²) in [6.07, 6.45) is 1.01. The second kappa shape index (κ2) is 7.16. The van der Waals surface area contributed by atoms with Gasteiger partial charge in [0.05, 0.1) is 17.5 Å². The highest BCUT2D eigenvalue weighted by Gasteiger charge is 2.20. The maximum atomic E-state index is 12.5. The van der Waals surface area contributed by atoms with Crippen LogP contribution >= 0.6 is 11.3 Å². The molecule has 3 rings (SSSR count). The second-order valence-corrected chi connectivity index (χ2v) is 8.88. The highest BCUT2D eigenvalue weighted by Crippen LogP contribution is 2.23. The fraction of sp³-hybridized carbons (Fsp3) is 0.312. The van der Waals surface area contributed by atoms with E-state index in [1.54, 1.807) is 38.1 Å². The number of benzene rings is 1. The van der Waals surface area contributed by atoms with Crippen molar-refractivity contribution in [1.29, 1.82) is 0 Å². The van der Waals surface area contributed by atoms with Gasteiger partial charge in [0.2, 0.25) is 10.0 Å². The first-order valence-electron chi connectivity index (χ1n) is 7.98. The molecule has 2 heterocycles. The molecule has 9 nitrogen and oxygen atoms in total. The van der Waals surface area contributed by atoms with Crippen LogP contribution in [0.5, 0.6) is 0 Å². The fourth-order valence-corrected chi connectivity index (χ4v) is 4.31. The van der Waals surface area contributed by atoms with E-state index in [9.17, 15) is 18.0 Å². The smallest absolute Gasteiger partial charge is 0.408 e. The molecule has 2 aromatic heterocycles. The van der Waals surface area contributed by atoms with Gasteiger partial charge in [-0.15, -0.1) is 0 Å². The van der Waals surface area contributed by atoms with E-state index in [2.05, 4.69) is 15.0 Å². The van der Waals surface area contributed by atoms with Crippen molar-refractivity contribution in [3.63, 3.8) is 0 Å². The summed E-state index contributed by atoms with van der Waals surface area (Å²) in [5, 5.41) is 2.93. The van der Waals surface area contributed by atoms with E-state index in [0.717, 1.165) is 17.6 Å². The van der Waals surface area contributed by atoms with Crippen LogP contribution in [0.2, 0.25) is 0 Å². The molecule has 0 saturated carbocycles. The van der Waals surface area contributed by atoms with Gasteiger partial charge in [0.25, 0.3) is 5.91 Å². The number of amides is 1. The summed E-state index contributed by atoms with van der Waals surface area (Å²) in [4.78, 5) is 28.9. The maximum Gasteiger partial charge on any atom is 0.420 e. The topological polar surface area (TPSA) is 123 Å². The summed E-state index contributed by atoms with van der Waals surface area (Å²) < 4.78 is 31.5. The lowest BCUT2D eigenvalue weighted by Gasteiger charge is -2.13. The molecule has 0 unspecified atom stereocenters. The minimum Gasteiger partial charge on any atom is -0.408 e. The van der Waals surface area contributed by atoms with Crippen molar-refractivity contribution in [3.05, 3.63) is 45.4 Å². The summed E-state index contributed by atoms with van der Waals surface area (Å²) in [6, 6.07) is 6.67. The number of hydrogen-bond donors (Lipinski definition) is 2. The Morgan fingerprint density at radius 1 is 1.37 bits per heavy atom. The van der Waals surface area contributed by atoms with Crippen LogP contribution in [0, 0.1) is 6.92 Å². The first-order valence-corrected chi connectivity index (χ1v) is 10.7. The van der Waals surface area contributed by atoms with E-state index in [0.29, 0.717) is 21.7 Å². The maximum absolute atomic E-state index is 12.5. The Kier molecular flexibility index (Phi) is 5.07. The predicted octanol–water partition coefficient (Wildman–Crippen LogP) is 1.55. The van der Waals surface area contributed by atoms with E-state index < -0.39 is 15.8 Å². The average Bonchev–Trinajstić information content (AvgIpc) is 3.06. The van der Waals surface area contributed by atoms with E-state index in [1.807, 2.05) is 0 Å². The Morgan fingerprint density at radius 2 is 2.07 bits per heavy atom. The zero-order chi connectivity index (χ0) is 19.8.